The van der Waals surface area contributed by atoms with Crippen LogP contribution >= 0.6 is 11.6 Å². The lowest BCUT2D eigenvalue weighted by Gasteiger charge is -2.26. The van der Waals surface area contributed by atoms with Crippen LogP contribution in [0.2, 0.25) is 5.02 Å². The molecular formula is C20H16ClF3N4O2. The summed E-state index contributed by atoms with van der Waals surface area (Å²) in [7, 11) is 0. The Kier molecular flexibility index (Phi) is 5.38. The van der Waals surface area contributed by atoms with Crippen LogP contribution in [0.4, 0.5) is 19.1 Å². The Morgan fingerprint density at radius 1 is 1.13 bits per heavy atom. The predicted molar refractivity (Wildman–Crippen MR) is 105 cm³/mol. The Morgan fingerprint density at radius 2 is 1.90 bits per heavy atom. The van der Waals surface area contributed by atoms with Gasteiger partial charge in [0.1, 0.15) is 12.1 Å². The van der Waals surface area contributed by atoms with Crippen LogP contribution in [0.3, 0.4) is 0 Å². The Labute approximate surface area is 174 Å². The number of furan rings is 1. The number of alkyl halides is 3. The minimum absolute atomic E-state index is 0.00529. The van der Waals surface area contributed by atoms with Gasteiger partial charge in [0.2, 0.25) is 11.7 Å². The third kappa shape index (κ3) is 4.40. The normalized spacial score (nSPS) is 14.7. The van der Waals surface area contributed by atoms with Crippen molar-refractivity contribution in [2.45, 2.75) is 19.1 Å². The van der Waals surface area contributed by atoms with Crippen molar-refractivity contribution in [1.82, 2.24) is 14.5 Å². The van der Waals surface area contributed by atoms with Crippen LogP contribution in [0.25, 0.3) is 5.57 Å². The smallest absolute Gasteiger partial charge is 0.449 e. The maximum Gasteiger partial charge on any atom is 0.449 e. The number of halogens is 4. The average molecular weight is 437 g/mol. The van der Waals surface area contributed by atoms with Crippen molar-refractivity contribution in [2.24, 2.45) is 0 Å². The van der Waals surface area contributed by atoms with Crippen molar-refractivity contribution >= 4 is 23.1 Å². The lowest BCUT2D eigenvalue weighted by atomic mass is 10.00. The third-order valence-electron chi connectivity index (χ3n) is 4.73. The number of benzene rings is 1. The molecule has 0 aliphatic carbocycles. The molecule has 10 heteroatoms. The van der Waals surface area contributed by atoms with E-state index in [9.17, 15) is 18.0 Å². The maximum atomic E-state index is 12.6. The zero-order chi connectivity index (χ0) is 21.3. The summed E-state index contributed by atoms with van der Waals surface area (Å²) in [6.07, 6.45) is -0.515. The van der Waals surface area contributed by atoms with Gasteiger partial charge >= 0.3 is 11.9 Å². The summed E-state index contributed by atoms with van der Waals surface area (Å²) in [5.41, 5.74) is 1.65. The van der Waals surface area contributed by atoms with Gasteiger partial charge < -0.3 is 9.32 Å². The van der Waals surface area contributed by atoms with Crippen molar-refractivity contribution in [3.63, 3.8) is 0 Å². The fourth-order valence-electron chi connectivity index (χ4n) is 3.17. The molecule has 30 heavy (non-hydrogen) atoms. The summed E-state index contributed by atoms with van der Waals surface area (Å²) in [5.74, 6) is -0.841. The lowest BCUT2D eigenvalue weighted by molar-refractivity contribution is -0.153. The molecule has 0 atom stereocenters. The van der Waals surface area contributed by atoms with Crippen LogP contribution in [0, 0.1) is 0 Å². The molecule has 3 heterocycles. The van der Waals surface area contributed by atoms with Crippen LogP contribution in [0.15, 0.2) is 58.0 Å². The van der Waals surface area contributed by atoms with E-state index < -0.39 is 17.6 Å². The molecule has 156 valence electrons. The molecule has 1 aromatic carbocycles. The maximum absolute atomic E-state index is 12.6. The number of anilines is 1. The van der Waals surface area contributed by atoms with E-state index in [1.54, 1.807) is 0 Å². The summed E-state index contributed by atoms with van der Waals surface area (Å²) in [5, 5.41) is 0.676. The van der Waals surface area contributed by atoms with E-state index in [1.807, 2.05) is 35.2 Å². The van der Waals surface area contributed by atoms with E-state index in [0.29, 0.717) is 18.1 Å². The van der Waals surface area contributed by atoms with E-state index in [4.69, 9.17) is 16.0 Å². The average Bonchev–Trinajstić information content (AvgIpc) is 3.20. The highest BCUT2D eigenvalue weighted by Gasteiger charge is 2.34. The van der Waals surface area contributed by atoms with Gasteiger partial charge in [0.25, 0.3) is 0 Å². The first-order valence-corrected chi connectivity index (χ1v) is 9.47. The molecule has 0 unspecified atom stereocenters. The van der Waals surface area contributed by atoms with Crippen molar-refractivity contribution in [3.05, 3.63) is 81.4 Å². The fourth-order valence-corrected chi connectivity index (χ4v) is 3.30. The lowest BCUT2D eigenvalue weighted by Crippen LogP contribution is -2.33. The second kappa shape index (κ2) is 7.98. The van der Waals surface area contributed by atoms with E-state index >= 15 is 0 Å². The molecule has 0 amide bonds. The highest BCUT2D eigenvalue weighted by Crippen LogP contribution is 2.30. The predicted octanol–water partition coefficient (Wildman–Crippen LogP) is 4.25. The highest BCUT2D eigenvalue weighted by molar-refractivity contribution is 6.30. The molecule has 2 aromatic heterocycles. The van der Waals surface area contributed by atoms with Crippen molar-refractivity contribution in [1.29, 1.82) is 0 Å². The quantitative estimate of drug-likeness (QED) is 0.612. The molecule has 0 fully saturated rings. The zero-order valence-corrected chi connectivity index (χ0v) is 16.3. The van der Waals surface area contributed by atoms with Gasteiger partial charge in [-0.15, -0.1) is 0 Å². The molecule has 0 bridgehead atoms. The molecule has 4 rings (SSSR count). The second-order valence-corrected chi connectivity index (χ2v) is 7.20. The van der Waals surface area contributed by atoms with E-state index in [1.165, 1.54) is 18.0 Å². The third-order valence-corrected chi connectivity index (χ3v) is 4.98. The van der Waals surface area contributed by atoms with E-state index in [2.05, 4.69) is 9.97 Å². The molecule has 0 saturated carbocycles. The second-order valence-electron chi connectivity index (χ2n) is 6.76. The van der Waals surface area contributed by atoms with Crippen molar-refractivity contribution < 1.29 is 17.6 Å². The van der Waals surface area contributed by atoms with Crippen LogP contribution in [0.5, 0.6) is 0 Å². The first-order chi connectivity index (χ1) is 14.3. The van der Waals surface area contributed by atoms with Crippen LogP contribution < -0.4 is 10.6 Å². The summed E-state index contributed by atoms with van der Waals surface area (Å²) >= 11 is 5.92. The minimum atomic E-state index is -4.57. The molecule has 0 spiro atoms. The summed E-state index contributed by atoms with van der Waals surface area (Å²) in [6, 6.07) is 9.60. The van der Waals surface area contributed by atoms with Gasteiger partial charge in [0.15, 0.2) is 0 Å². The summed E-state index contributed by atoms with van der Waals surface area (Å²) < 4.78 is 43.7. The minimum Gasteiger partial charge on any atom is -0.455 e. The van der Waals surface area contributed by atoms with Gasteiger partial charge in [-0.3, -0.25) is 4.57 Å². The Morgan fingerprint density at radius 3 is 2.50 bits per heavy atom. The molecule has 6 nitrogen and oxygen atoms in total. The van der Waals surface area contributed by atoms with Crippen LogP contribution in [0.1, 0.15) is 23.5 Å². The molecule has 1 aliphatic heterocycles. The topological polar surface area (TPSA) is 64.2 Å². The number of aromatic nitrogens is 3. The van der Waals surface area contributed by atoms with E-state index in [-0.39, 0.29) is 18.3 Å². The zero-order valence-electron chi connectivity index (χ0n) is 15.6. The molecule has 1 aliphatic rings. The number of hydrogen-bond donors (Lipinski definition) is 0. The number of rotatable bonds is 4. The standard InChI is InChI=1S/C20H16ClF3N4O2/c21-15-3-1-13(2-4-15)14-7-9-27(10-8-14)18-25-12-28(19(29)26-18)11-16-5-6-17(30-16)20(22,23)24/h1-7,12H,8-11H2. The van der Waals surface area contributed by atoms with Crippen LogP contribution in [-0.2, 0) is 12.7 Å². The van der Waals surface area contributed by atoms with Crippen LogP contribution in [-0.4, -0.2) is 27.6 Å². The van der Waals surface area contributed by atoms with Gasteiger partial charge in [0, 0.05) is 18.1 Å². The van der Waals surface area contributed by atoms with E-state index in [0.717, 1.165) is 22.6 Å². The number of hydrogen-bond acceptors (Lipinski definition) is 5. The number of nitrogens with zero attached hydrogens (tertiary/aromatic N) is 4. The highest BCUT2D eigenvalue weighted by atomic mass is 35.5. The first-order valence-electron chi connectivity index (χ1n) is 9.09. The molecule has 0 saturated heterocycles. The Bertz CT molecular complexity index is 1140. The first kappa shape index (κ1) is 20.2. The monoisotopic (exact) mass is 436 g/mol. The largest absolute Gasteiger partial charge is 0.455 e. The molecular weight excluding hydrogens is 421 g/mol. The van der Waals surface area contributed by atoms with Crippen molar-refractivity contribution in [3.8, 4) is 0 Å². The molecule has 0 N–H and O–H groups in total. The summed E-state index contributed by atoms with van der Waals surface area (Å²) in [4.78, 5) is 22.3. The van der Waals surface area contributed by atoms with Gasteiger partial charge in [-0.05, 0) is 41.8 Å². The van der Waals surface area contributed by atoms with Gasteiger partial charge in [-0.2, -0.15) is 18.2 Å². The Hall–Kier alpha value is -3.07. The summed E-state index contributed by atoms with van der Waals surface area (Å²) in [6.45, 7) is 0.982. The van der Waals surface area contributed by atoms with Gasteiger partial charge in [-0.1, -0.05) is 29.8 Å². The SMILES string of the molecule is O=c1nc(N2CC=C(c3ccc(Cl)cc3)CC2)ncn1Cc1ccc(C(F)(F)F)o1. The van der Waals surface area contributed by atoms with Crippen molar-refractivity contribution in [2.75, 3.05) is 18.0 Å². The van der Waals surface area contributed by atoms with Gasteiger partial charge in [0.05, 0.1) is 6.54 Å². The molecule has 3 aromatic rings. The Balaban J connectivity index is 1.45. The van der Waals surface area contributed by atoms with Gasteiger partial charge in [-0.25, -0.2) is 9.78 Å². The fraction of sp³-hybridized carbons (Fsp3) is 0.250. The molecule has 0 radical (unpaired) electrons.